The second kappa shape index (κ2) is 7.75. The number of esters is 2. The first-order chi connectivity index (χ1) is 7.11. The molecule has 0 heterocycles. The molecule has 0 bridgehead atoms. The highest BCUT2D eigenvalue weighted by Crippen LogP contribution is 1.94. The van der Waals surface area contributed by atoms with Gasteiger partial charge in [-0.15, -0.1) is 0 Å². The highest BCUT2D eigenvalue weighted by Gasteiger charge is 2.22. The van der Waals surface area contributed by atoms with Crippen LogP contribution in [0.25, 0.3) is 0 Å². The van der Waals surface area contributed by atoms with Crippen molar-refractivity contribution in [2.75, 3.05) is 13.2 Å². The number of quaternary nitrogens is 1. The Bertz CT molecular complexity index is 250. The summed E-state index contributed by atoms with van der Waals surface area (Å²) in [5.74, 6) is -1.03. The molecule has 0 rings (SSSR count). The van der Waals surface area contributed by atoms with Gasteiger partial charge >= 0.3 is 11.9 Å². The maximum atomic E-state index is 11.2. The van der Waals surface area contributed by atoms with Gasteiger partial charge in [-0.3, -0.25) is 4.79 Å². The number of ether oxygens (including phenoxy) is 2. The normalized spacial score (nSPS) is 11.3. The van der Waals surface area contributed by atoms with E-state index >= 15 is 0 Å². The number of hydrogen-bond donors (Lipinski definition) is 1. The molecular formula is C10H16NO4+. The van der Waals surface area contributed by atoms with Crippen molar-refractivity contribution in [1.82, 2.24) is 0 Å². The Kier molecular flexibility index (Phi) is 6.92. The number of carbonyl (C=O) groups excluding carboxylic acids is 2. The first-order valence-corrected chi connectivity index (χ1v) is 4.49. The van der Waals surface area contributed by atoms with Crippen molar-refractivity contribution in [3.8, 4) is 0 Å². The molecule has 0 saturated heterocycles. The average Bonchev–Trinajstić information content (AvgIpc) is 2.22. The molecule has 0 spiro atoms. The van der Waals surface area contributed by atoms with Crippen LogP contribution >= 0.6 is 0 Å². The van der Waals surface area contributed by atoms with E-state index in [-0.39, 0.29) is 19.6 Å². The molecule has 0 aromatic heterocycles. The standard InChI is InChI=1S/C10H15NO4/c1-3-5-14-9(12)7-8(11)10(13)15-6-4-2/h3-4,8H,1-2,5-7,11H2/p+1/t8-/m1/s1. The van der Waals surface area contributed by atoms with Crippen LogP contribution in [-0.2, 0) is 19.1 Å². The molecule has 1 atom stereocenters. The van der Waals surface area contributed by atoms with Gasteiger partial charge in [-0.1, -0.05) is 25.3 Å². The molecule has 0 aliphatic rings. The molecule has 15 heavy (non-hydrogen) atoms. The zero-order valence-electron chi connectivity index (χ0n) is 8.61. The second-order valence-corrected chi connectivity index (χ2v) is 2.79. The van der Waals surface area contributed by atoms with E-state index in [0.717, 1.165) is 0 Å². The molecule has 0 aliphatic carbocycles. The summed E-state index contributed by atoms with van der Waals surface area (Å²) in [4.78, 5) is 22.2. The Labute approximate surface area is 88.5 Å². The predicted octanol–water partition coefficient (Wildman–Crippen LogP) is -0.555. The Morgan fingerprint density at radius 1 is 1.20 bits per heavy atom. The van der Waals surface area contributed by atoms with E-state index in [0.29, 0.717) is 0 Å². The van der Waals surface area contributed by atoms with Gasteiger partial charge in [0.05, 0.1) is 0 Å². The van der Waals surface area contributed by atoms with Crippen molar-refractivity contribution in [2.45, 2.75) is 12.5 Å². The zero-order chi connectivity index (χ0) is 11.7. The highest BCUT2D eigenvalue weighted by molar-refractivity contribution is 5.81. The zero-order valence-corrected chi connectivity index (χ0v) is 8.61. The summed E-state index contributed by atoms with van der Waals surface area (Å²) in [5.41, 5.74) is 3.50. The third-order valence-corrected chi connectivity index (χ3v) is 1.45. The first-order valence-electron chi connectivity index (χ1n) is 4.49. The summed E-state index contributed by atoms with van der Waals surface area (Å²) in [6.45, 7) is 7.03. The molecule has 0 unspecified atom stereocenters. The summed E-state index contributed by atoms with van der Waals surface area (Å²) in [5, 5.41) is 0. The third kappa shape index (κ3) is 6.45. The van der Waals surface area contributed by atoms with E-state index in [4.69, 9.17) is 9.47 Å². The van der Waals surface area contributed by atoms with Gasteiger partial charge in [0.15, 0.2) is 6.04 Å². The molecule has 0 saturated carbocycles. The maximum absolute atomic E-state index is 11.2. The fourth-order valence-corrected chi connectivity index (χ4v) is 0.754. The smallest absolute Gasteiger partial charge is 0.365 e. The lowest BCUT2D eigenvalue weighted by molar-refractivity contribution is -0.407. The van der Waals surface area contributed by atoms with Crippen molar-refractivity contribution in [3.05, 3.63) is 25.3 Å². The summed E-state index contributed by atoms with van der Waals surface area (Å²) >= 11 is 0. The van der Waals surface area contributed by atoms with Crippen molar-refractivity contribution in [2.24, 2.45) is 0 Å². The van der Waals surface area contributed by atoms with Crippen molar-refractivity contribution in [1.29, 1.82) is 0 Å². The highest BCUT2D eigenvalue weighted by atomic mass is 16.5. The molecule has 0 fully saturated rings. The van der Waals surface area contributed by atoms with Crippen LogP contribution in [0.2, 0.25) is 0 Å². The van der Waals surface area contributed by atoms with Crippen molar-refractivity contribution < 1.29 is 24.8 Å². The maximum Gasteiger partial charge on any atom is 0.365 e. The van der Waals surface area contributed by atoms with Gasteiger partial charge in [-0.05, 0) is 0 Å². The Balaban J connectivity index is 3.84. The third-order valence-electron chi connectivity index (χ3n) is 1.45. The lowest BCUT2D eigenvalue weighted by Crippen LogP contribution is -2.66. The van der Waals surface area contributed by atoms with Crippen molar-refractivity contribution in [3.63, 3.8) is 0 Å². The minimum absolute atomic E-state index is 0.0934. The Hall–Kier alpha value is -1.62. The van der Waals surface area contributed by atoms with E-state index in [2.05, 4.69) is 18.9 Å². The molecule has 0 radical (unpaired) electrons. The van der Waals surface area contributed by atoms with Crippen molar-refractivity contribution >= 4 is 11.9 Å². The van der Waals surface area contributed by atoms with Crippen LogP contribution in [0, 0.1) is 0 Å². The van der Waals surface area contributed by atoms with Gasteiger partial charge in [0, 0.05) is 0 Å². The summed E-state index contributed by atoms with van der Waals surface area (Å²) in [6.07, 6.45) is 2.80. The van der Waals surface area contributed by atoms with Gasteiger partial charge in [0.25, 0.3) is 0 Å². The second-order valence-electron chi connectivity index (χ2n) is 2.79. The van der Waals surface area contributed by atoms with Gasteiger partial charge in [-0.2, -0.15) is 0 Å². The summed E-state index contributed by atoms with van der Waals surface area (Å²) in [7, 11) is 0. The van der Waals surface area contributed by atoms with Gasteiger partial charge in [-0.25, -0.2) is 4.79 Å². The van der Waals surface area contributed by atoms with Gasteiger partial charge in [0.1, 0.15) is 19.6 Å². The van der Waals surface area contributed by atoms with Crippen LogP contribution in [0.15, 0.2) is 25.3 Å². The van der Waals surface area contributed by atoms with E-state index in [1.165, 1.54) is 12.2 Å². The van der Waals surface area contributed by atoms with E-state index in [9.17, 15) is 9.59 Å². The molecule has 3 N–H and O–H groups in total. The summed E-state index contributed by atoms with van der Waals surface area (Å²) in [6, 6.07) is -0.748. The number of hydrogen-bond acceptors (Lipinski definition) is 4. The van der Waals surface area contributed by atoms with E-state index in [1.54, 1.807) is 0 Å². The average molecular weight is 214 g/mol. The molecule has 0 aliphatic heterocycles. The molecule has 0 aromatic carbocycles. The number of rotatable bonds is 7. The minimum Gasteiger partial charge on any atom is -0.461 e. The van der Waals surface area contributed by atoms with Gasteiger partial charge in [0.2, 0.25) is 0 Å². The largest absolute Gasteiger partial charge is 0.461 e. The van der Waals surface area contributed by atoms with Crippen LogP contribution in [0.1, 0.15) is 6.42 Å². The molecule has 84 valence electrons. The van der Waals surface area contributed by atoms with E-state index in [1.807, 2.05) is 0 Å². The molecule has 0 aromatic rings. The Morgan fingerprint density at radius 3 is 2.27 bits per heavy atom. The van der Waals surface area contributed by atoms with Gasteiger partial charge < -0.3 is 15.2 Å². The fraction of sp³-hybridized carbons (Fsp3) is 0.400. The fourth-order valence-electron chi connectivity index (χ4n) is 0.754. The van der Waals surface area contributed by atoms with Crippen LogP contribution in [0.3, 0.4) is 0 Å². The summed E-state index contributed by atoms with van der Waals surface area (Å²) < 4.78 is 9.40. The minimum atomic E-state index is -0.748. The number of carbonyl (C=O) groups is 2. The predicted molar refractivity (Wildman–Crippen MR) is 53.6 cm³/mol. The Morgan fingerprint density at radius 2 is 1.73 bits per heavy atom. The first kappa shape index (κ1) is 13.4. The van der Waals surface area contributed by atoms with Crippen LogP contribution in [0.5, 0.6) is 0 Å². The van der Waals surface area contributed by atoms with Crippen LogP contribution < -0.4 is 5.73 Å². The lowest BCUT2D eigenvalue weighted by atomic mass is 10.2. The van der Waals surface area contributed by atoms with Crippen LogP contribution in [0.4, 0.5) is 0 Å². The quantitative estimate of drug-likeness (QED) is 0.455. The molecule has 0 amide bonds. The topological polar surface area (TPSA) is 80.2 Å². The molecular weight excluding hydrogens is 198 g/mol. The lowest BCUT2D eigenvalue weighted by Gasteiger charge is -2.06. The van der Waals surface area contributed by atoms with E-state index < -0.39 is 18.0 Å². The molecule has 5 nitrogen and oxygen atoms in total. The SMILES string of the molecule is C=CCOC(=O)C[C@@H]([NH3+])C(=O)OCC=C. The van der Waals surface area contributed by atoms with Crippen LogP contribution in [-0.4, -0.2) is 31.2 Å². The molecule has 5 heteroatoms. The monoisotopic (exact) mass is 214 g/mol.